The molecule has 0 aliphatic heterocycles. The van der Waals surface area contributed by atoms with E-state index < -0.39 is 0 Å². The summed E-state index contributed by atoms with van der Waals surface area (Å²) in [5, 5.41) is 8.92. The molecule has 2 rings (SSSR count). The number of nitrogens with zero attached hydrogens (tertiary/aromatic N) is 1. The molecular weight excluding hydrogens is 326 g/mol. The van der Waals surface area contributed by atoms with Crippen molar-refractivity contribution in [3.63, 3.8) is 0 Å². The largest absolute Gasteiger partial charge is 0.360 e. The summed E-state index contributed by atoms with van der Waals surface area (Å²) in [4.78, 5) is 24.1. The fraction of sp³-hybridized carbons (Fsp3) is 0.353. The summed E-state index contributed by atoms with van der Waals surface area (Å²) in [7, 11) is 0. The van der Waals surface area contributed by atoms with Crippen LogP contribution >= 0.6 is 11.8 Å². The number of carbonyl (C=O) groups excluding carboxylic acids is 2. The Kier molecular flexibility index (Phi) is 6.43. The lowest BCUT2D eigenvalue weighted by Crippen LogP contribution is -2.30. The molecule has 0 bridgehead atoms. The molecule has 2 amide bonds. The van der Waals surface area contributed by atoms with Gasteiger partial charge in [-0.25, -0.2) is 0 Å². The highest BCUT2D eigenvalue weighted by molar-refractivity contribution is 8.01. The molecule has 6 nitrogen and oxygen atoms in total. The number of hydrogen-bond donors (Lipinski definition) is 2. The van der Waals surface area contributed by atoms with E-state index in [0.717, 1.165) is 5.56 Å². The van der Waals surface area contributed by atoms with Crippen LogP contribution in [0.4, 0.5) is 5.82 Å². The lowest BCUT2D eigenvalue weighted by Gasteiger charge is -2.15. The third-order valence-corrected chi connectivity index (χ3v) is 4.53. The van der Waals surface area contributed by atoms with E-state index in [4.69, 9.17) is 4.52 Å². The molecule has 7 heteroatoms. The van der Waals surface area contributed by atoms with Crippen LogP contribution in [0.25, 0.3) is 0 Å². The zero-order valence-corrected chi connectivity index (χ0v) is 14.7. The summed E-state index contributed by atoms with van der Waals surface area (Å²) in [6, 6.07) is 11.3. The first-order valence-electron chi connectivity index (χ1n) is 7.66. The molecule has 1 aromatic heterocycles. The molecule has 2 aromatic rings. The maximum Gasteiger partial charge on any atom is 0.238 e. The van der Waals surface area contributed by atoms with Crippen molar-refractivity contribution in [3.8, 4) is 0 Å². The summed E-state index contributed by atoms with van der Waals surface area (Å²) >= 11 is 1.27. The highest BCUT2D eigenvalue weighted by Gasteiger charge is 2.17. The monoisotopic (exact) mass is 347 g/mol. The van der Waals surface area contributed by atoms with E-state index in [2.05, 4.69) is 15.8 Å². The van der Waals surface area contributed by atoms with Gasteiger partial charge in [0, 0.05) is 6.07 Å². The van der Waals surface area contributed by atoms with Gasteiger partial charge in [-0.3, -0.25) is 9.59 Å². The maximum absolute atomic E-state index is 12.0. The van der Waals surface area contributed by atoms with Gasteiger partial charge in [0.25, 0.3) is 0 Å². The van der Waals surface area contributed by atoms with Gasteiger partial charge >= 0.3 is 0 Å². The second kappa shape index (κ2) is 8.54. The average Bonchev–Trinajstić information content (AvgIpc) is 2.98. The SMILES string of the molecule is Cc1cc(NC(=O)[C@@H](C)SCC(=O)N[C@@H](C)c2ccccc2)no1. The van der Waals surface area contributed by atoms with E-state index in [9.17, 15) is 9.59 Å². The third-order valence-electron chi connectivity index (χ3n) is 3.39. The van der Waals surface area contributed by atoms with Crippen molar-refractivity contribution in [2.75, 3.05) is 11.1 Å². The lowest BCUT2D eigenvalue weighted by molar-refractivity contribution is -0.119. The molecule has 0 spiro atoms. The number of carbonyl (C=O) groups is 2. The first-order chi connectivity index (χ1) is 11.5. The molecular formula is C17H21N3O3S. The molecule has 0 saturated carbocycles. The minimum Gasteiger partial charge on any atom is -0.360 e. The number of thioether (sulfide) groups is 1. The summed E-state index contributed by atoms with van der Waals surface area (Å²) in [6.45, 7) is 5.43. The summed E-state index contributed by atoms with van der Waals surface area (Å²) < 4.78 is 4.89. The smallest absolute Gasteiger partial charge is 0.238 e. The van der Waals surface area contributed by atoms with Crippen molar-refractivity contribution < 1.29 is 14.1 Å². The van der Waals surface area contributed by atoms with Crippen molar-refractivity contribution in [2.24, 2.45) is 0 Å². The molecule has 0 aliphatic carbocycles. The van der Waals surface area contributed by atoms with Gasteiger partial charge in [0.05, 0.1) is 17.0 Å². The van der Waals surface area contributed by atoms with Gasteiger partial charge in [-0.1, -0.05) is 35.5 Å². The summed E-state index contributed by atoms with van der Waals surface area (Å²) in [5.41, 5.74) is 1.04. The van der Waals surface area contributed by atoms with Crippen molar-refractivity contribution in [3.05, 3.63) is 47.7 Å². The number of benzene rings is 1. The Labute approximate surface area is 145 Å². The molecule has 0 saturated heterocycles. The van der Waals surface area contributed by atoms with Gasteiger partial charge in [-0.2, -0.15) is 0 Å². The zero-order valence-electron chi connectivity index (χ0n) is 13.9. The quantitative estimate of drug-likeness (QED) is 0.804. The van der Waals surface area contributed by atoms with E-state index in [0.29, 0.717) is 11.6 Å². The van der Waals surface area contributed by atoms with Gasteiger partial charge in [0.2, 0.25) is 11.8 Å². The predicted molar refractivity (Wildman–Crippen MR) is 94.8 cm³/mol. The van der Waals surface area contributed by atoms with Gasteiger partial charge in [-0.15, -0.1) is 11.8 Å². The number of nitrogens with one attached hydrogen (secondary N) is 2. The molecule has 2 atom stereocenters. The first kappa shape index (κ1) is 18.1. The number of rotatable bonds is 7. The van der Waals surface area contributed by atoms with E-state index >= 15 is 0 Å². The molecule has 1 heterocycles. The van der Waals surface area contributed by atoms with E-state index in [-0.39, 0.29) is 28.9 Å². The van der Waals surface area contributed by atoms with Gasteiger partial charge in [-0.05, 0) is 26.3 Å². The van der Waals surface area contributed by atoms with Gasteiger partial charge < -0.3 is 15.2 Å². The minimum atomic E-state index is -0.375. The maximum atomic E-state index is 12.0. The Hall–Kier alpha value is -2.28. The Morgan fingerprint density at radius 2 is 1.96 bits per heavy atom. The number of amides is 2. The van der Waals surface area contributed by atoms with Crippen LogP contribution in [-0.2, 0) is 9.59 Å². The highest BCUT2D eigenvalue weighted by Crippen LogP contribution is 2.15. The Morgan fingerprint density at radius 1 is 1.25 bits per heavy atom. The summed E-state index contributed by atoms with van der Waals surface area (Å²) in [6.07, 6.45) is 0. The van der Waals surface area contributed by atoms with Crippen LogP contribution in [0.3, 0.4) is 0 Å². The molecule has 0 fully saturated rings. The van der Waals surface area contributed by atoms with E-state index in [1.807, 2.05) is 37.3 Å². The van der Waals surface area contributed by atoms with Crippen LogP contribution in [0.5, 0.6) is 0 Å². The number of aromatic nitrogens is 1. The lowest BCUT2D eigenvalue weighted by atomic mass is 10.1. The molecule has 128 valence electrons. The number of aryl methyl sites for hydroxylation is 1. The number of anilines is 1. The summed E-state index contributed by atoms with van der Waals surface area (Å²) in [5.74, 6) is 0.904. The van der Waals surface area contributed by atoms with Crippen LogP contribution in [0, 0.1) is 6.92 Å². The molecule has 0 aliphatic rings. The second-order valence-electron chi connectivity index (χ2n) is 5.47. The van der Waals surface area contributed by atoms with Crippen LogP contribution in [0.1, 0.15) is 31.2 Å². The Bertz CT molecular complexity index is 687. The second-order valence-corrected chi connectivity index (χ2v) is 6.79. The predicted octanol–water partition coefficient (Wildman–Crippen LogP) is 2.92. The van der Waals surface area contributed by atoms with Crippen LogP contribution in [-0.4, -0.2) is 28.0 Å². The van der Waals surface area contributed by atoms with Crippen LogP contribution in [0.15, 0.2) is 40.9 Å². The standard InChI is InChI=1S/C17H21N3O3S/c1-11-9-15(20-23-11)19-17(22)13(3)24-10-16(21)18-12(2)14-7-5-4-6-8-14/h4-9,12-13H,10H2,1-3H3,(H,18,21)(H,19,20,22)/t12-,13+/m0/s1. The fourth-order valence-electron chi connectivity index (χ4n) is 2.04. The Balaban J connectivity index is 1.75. The molecule has 1 aromatic carbocycles. The van der Waals surface area contributed by atoms with Crippen LogP contribution < -0.4 is 10.6 Å². The van der Waals surface area contributed by atoms with Crippen molar-refractivity contribution >= 4 is 29.4 Å². The van der Waals surface area contributed by atoms with Gasteiger partial charge in [0.15, 0.2) is 5.82 Å². The van der Waals surface area contributed by atoms with E-state index in [1.54, 1.807) is 19.9 Å². The normalized spacial score (nSPS) is 13.1. The minimum absolute atomic E-state index is 0.0680. The highest BCUT2D eigenvalue weighted by atomic mass is 32.2. The molecule has 24 heavy (non-hydrogen) atoms. The zero-order chi connectivity index (χ0) is 17.5. The average molecular weight is 347 g/mol. The molecule has 0 unspecified atom stereocenters. The molecule has 2 N–H and O–H groups in total. The molecule has 0 radical (unpaired) electrons. The fourth-order valence-corrected chi connectivity index (χ4v) is 2.73. The topological polar surface area (TPSA) is 84.2 Å². The van der Waals surface area contributed by atoms with Crippen molar-refractivity contribution in [1.82, 2.24) is 10.5 Å². The van der Waals surface area contributed by atoms with Crippen molar-refractivity contribution in [1.29, 1.82) is 0 Å². The third kappa shape index (κ3) is 5.42. The van der Waals surface area contributed by atoms with E-state index in [1.165, 1.54) is 11.8 Å². The van der Waals surface area contributed by atoms with Crippen molar-refractivity contribution in [2.45, 2.75) is 32.1 Å². The van der Waals surface area contributed by atoms with Gasteiger partial charge in [0.1, 0.15) is 5.76 Å². The first-order valence-corrected chi connectivity index (χ1v) is 8.70. The number of hydrogen-bond acceptors (Lipinski definition) is 5. The van der Waals surface area contributed by atoms with Crippen LogP contribution in [0.2, 0.25) is 0 Å². The Morgan fingerprint density at radius 3 is 2.58 bits per heavy atom.